The number of alkyl halides is 2. The molecule has 0 amide bonds. The molecule has 0 bridgehead atoms. The molecule has 155 valence electrons. The van der Waals surface area contributed by atoms with Crippen LogP contribution in [0.4, 0.5) is 5.69 Å². The van der Waals surface area contributed by atoms with Gasteiger partial charge < -0.3 is 19.7 Å². The highest BCUT2D eigenvalue weighted by Gasteiger charge is 2.21. The molecule has 0 aromatic heterocycles. The van der Waals surface area contributed by atoms with E-state index in [1.165, 1.54) is 7.41 Å². The summed E-state index contributed by atoms with van der Waals surface area (Å²) in [7, 11) is 1.33. The minimum absolute atomic E-state index is 0.179. The Morgan fingerprint density at radius 3 is 2.68 bits per heavy atom. The molecule has 1 N–H and O–H groups in total. The molecule has 0 saturated carbocycles. The molecular formula is C20H30BBrClN2O3. The van der Waals surface area contributed by atoms with E-state index in [0.717, 1.165) is 35.2 Å². The molecule has 0 spiro atoms. The summed E-state index contributed by atoms with van der Waals surface area (Å²) in [5.41, 5.74) is 2.81. The number of esters is 1. The van der Waals surface area contributed by atoms with E-state index in [9.17, 15) is 9.59 Å². The van der Waals surface area contributed by atoms with Crippen LogP contribution in [-0.4, -0.2) is 55.5 Å². The van der Waals surface area contributed by atoms with Crippen LogP contribution < -0.4 is 10.1 Å². The van der Waals surface area contributed by atoms with Crippen molar-refractivity contribution in [3.05, 3.63) is 29.3 Å². The summed E-state index contributed by atoms with van der Waals surface area (Å²) in [6, 6.07) is 6.07. The van der Waals surface area contributed by atoms with Gasteiger partial charge in [-0.15, -0.1) is 11.6 Å². The average Bonchev–Trinajstić information content (AvgIpc) is 2.59. The number of carbonyl (C=O) groups excluding carboxylic acids is 2. The van der Waals surface area contributed by atoms with E-state index in [-0.39, 0.29) is 18.4 Å². The van der Waals surface area contributed by atoms with Crippen LogP contribution in [0.1, 0.15) is 38.3 Å². The second-order valence-electron chi connectivity index (χ2n) is 7.64. The number of anilines is 1. The monoisotopic (exact) mass is 471 g/mol. The maximum absolute atomic E-state index is 12.3. The van der Waals surface area contributed by atoms with E-state index in [1.54, 1.807) is 0 Å². The Morgan fingerprint density at radius 2 is 2.11 bits per heavy atom. The van der Waals surface area contributed by atoms with Gasteiger partial charge in [0, 0.05) is 36.0 Å². The van der Waals surface area contributed by atoms with Crippen LogP contribution in [0.5, 0.6) is 0 Å². The maximum atomic E-state index is 12.3. The molecule has 1 radical (unpaired) electrons. The molecular weight excluding hydrogens is 442 g/mol. The van der Waals surface area contributed by atoms with Crippen molar-refractivity contribution in [2.75, 3.05) is 29.2 Å². The third-order valence-electron chi connectivity index (χ3n) is 4.11. The molecule has 0 saturated heterocycles. The molecule has 0 aliphatic carbocycles. The topological polar surface area (TPSA) is 58.6 Å². The largest absolute Gasteiger partial charge is 0.460 e. The predicted octanol–water partition coefficient (Wildman–Crippen LogP) is 3.48. The van der Waals surface area contributed by atoms with Crippen LogP contribution in [0.15, 0.2) is 18.2 Å². The lowest BCUT2D eigenvalue weighted by Crippen LogP contribution is -2.38. The Morgan fingerprint density at radius 1 is 1.39 bits per heavy atom. The fourth-order valence-electron chi connectivity index (χ4n) is 2.86. The van der Waals surface area contributed by atoms with Crippen molar-refractivity contribution in [3.8, 4) is 0 Å². The van der Waals surface area contributed by atoms with Crippen LogP contribution >= 0.6 is 27.5 Å². The lowest BCUT2D eigenvalue weighted by molar-refractivity contribution is -0.155. The third kappa shape index (κ3) is 9.44. The van der Waals surface area contributed by atoms with E-state index in [4.69, 9.17) is 16.3 Å². The van der Waals surface area contributed by atoms with Gasteiger partial charge in [0.05, 0.1) is 12.6 Å². The summed E-state index contributed by atoms with van der Waals surface area (Å²) in [6.45, 7) is 9.18. The second kappa shape index (κ2) is 12.5. The molecule has 28 heavy (non-hydrogen) atoms. The van der Waals surface area contributed by atoms with E-state index in [0.29, 0.717) is 18.5 Å². The Balaban J connectivity index is 2.98. The van der Waals surface area contributed by atoms with Crippen LogP contribution in [0.3, 0.4) is 0 Å². The zero-order chi connectivity index (χ0) is 21.2. The molecule has 5 nitrogen and oxygen atoms in total. The highest BCUT2D eigenvalue weighted by Crippen LogP contribution is 2.22. The van der Waals surface area contributed by atoms with Crippen molar-refractivity contribution in [3.63, 3.8) is 0 Å². The normalized spacial score (nSPS) is 12.4. The smallest absolute Gasteiger partial charge is 0.307 e. The van der Waals surface area contributed by atoms with Gasteiger partial charge in [-0.1, -0.05) is 22.0 Å². The van der Waals surface area contributed by atoms with Crippen LogP contribution in [-0.2, 0) is 20.7 Å². The van der Waals surface area contributed by atoms with Crippen molar-refractivity contribution in [1.29, 1.82) is 0 Å². The number of halogens is 2. The van der Waals surface area contributed by atoms with Crippen LogP contribution in [0, 0.1) is 6.92 Å². The average molecular weight is 473 g/mol. The zero-order valence-electron chi connectivity index (χ0n) is 17.1. The molecule has 1 rings (SSSR count). The lowest BCUT2D eigenvalue weighted by atomic mass is 9.91. The SMILES string of the molecule is Cc1ccc(N(CCCl)CCBr)cc1C[C@@H](CC(=O)OC(C)(C)C)N[B]C=O. The number of nitrogens with one attached hydrogen (secondary N) is 1. The predicted molar refractivity (Wildman–Crippen MR) is 122 cm³/mol. The quantitative estimate of drug-likeness (QED) is 0.218. The fourth-order valence-corrected chi connectivity index (χ4v) is 3.50. The van der Waals surface area contributed by atoms with Gasteiger partial charge in [-0.3, -0.25) is 4.79 Å². The maximum Gasteiger partial charge on any atom is 0.307 e. The summed E-state index contributed by atoms with van der Waals surface area (Å²) in [4.78, 5) is 25.3. The molecule has 8 heteroatoms. The number of hydrogen-bond acceptors (Lipinski definition) is 5. The number of aryl methyl sites for hydroxylation is 1. The highest BCUT2D eigenvalue weighted by molar-refractivity contribution is 9.09. The summed E-state index contributed by atoms with van der Waals surface area (Å²) in [5.74, 6) is 0.258. The number of ether oxygens (including phenoxy) is 1. The van der Waals surface area contributed by atoms with Gasteiger partial charge in [-0.05, 0) is 57.4 Å². The molecule has 1 aromatic rings. The first kappa shape index (κ1) is 25.0. The molecule has 0 heterocycles. The third-order valence-corrected chi connectivity index (χ3v) is 4.63. The minimum atomic E-state index is -0.538. The van der Waals surface area contributed by atoms with E-state index in [1.807, 2.05) is 27.7 Å². The van der Waals surface area contributed by atoms with Gasteiger partial charge in [0.2, 0.25) is 0 Å². The van der Waals surface area contributed by atoms with Crippen molar-refractivity contribution in [2.45, 2.75) is 52.2 Å². The first-order valence-electron chi connectivity index (χ1n) is 9.41. The molecule has 1 aromatic carbocycles. The van der Waals surface area contributed by atoms with Crippen molar-refractivity contribution in [1.82, 2.24) is 5.23 Å². The van der Waals surface area contributed by atoms with E-state index in [2.05, 4.69) is 44.3 Å². The van der Waals surface area contributed by atoms with Crippen LogP contribution in [0.2, 0.25) is 0 Å². The summed E-state index contributed by atoms with van der Waals surface area (Å²) in [5, 5.41) is 3.88. The van der Waals surface area contributed by atoms with Gasteiger partial charge in [0.25, 0.3) is 7.41 Å². The first-order valence-corrected chi connectivity index (χ1v) is 11.1. The van der Waals surface area contributed by atoms with Gasteiger partial charge in [0.1, 0.15) is 5.60 Å². The molecule has 0 unspecified atom stereocenters. The highest BCUT2D eigenvalue weighted by atomic mass is 79.9. The van der Waals surface area contributed by atoms with E-state index >= 15 is 0 Å². The summed E-state index contributed by atoms with van der Waals surface area (Å²) in [6.07, 6.45) is 1.47. The second-order valence-corrected chi connectivity index (χ2v) is 8.81. The minimum Gasteiger partial charge on any atom is -0.460 e. The molecule has 1 atom stereocenters. The molecule has 0 fully saturated rings. The number of rotatable bonds is 12. The van der Waals surface area contributed by atoms with Gasteiger partial charge in [0.15, 0.2) is 0 Å². The number of carbonyl (C=O) groups is 2. The summed E-state index contributed by atoms with van der Waals surface area (Å²) < 4.78 is 5.43. The fraction of sp³-hybridized carbons (Fsp3) is 0.600. The van der Waals surface area contributed by atoms with Crippen molar-refractivity contribution >= 4 is 52.8 Å². The molecule has 0 aliphatic heterocycles. The van der Waals surface area contributed by atoms with Crippen molar-refractivity contribution in [2.24, 2.45) is 0 Å². The number of benzene rings is 1. The Bertz CT molecular complexity index is 634. The summed E-state index contributed by atoms with van der Waals surface area (Å²) >= 11 is 9.44. The Labute approximate surface area is 182 Å². The zero-order valence-corrected chi connectivity index (χ0v) is 19.5. The van der Waals surface area contributed by atoms with E-state index < -0.39 is 5.60 Å². The molecule has 0 aliphatic rings. The van der Waals surface area contributed by atoms with Gasteiger partial charge in [-0.2, -0.15) is 0 Å². The van der Waals surface area contributed by atoms with Crippen LogP contribution in [0.25, 0.3) is 0 Å². The Kier molecular flexibility index (Phi) is 11.2. The Hall–Kier alpha value is -1.05. The lowest BCUT2D eigenvalue weighted by Gasteiger charge is -2.26. The van der Waals surface area contributed by atoms with Gasteiger partial charge in [-0.25, -0.2) is 0 Å². The standard InChI is InChI=1S/C20H30BBrClN2O3/c1-15-5-6-18(25(9-7-22)10-8-23)12-16(15)11-17(24-21-14-26)13-19(27)28-20(2,3)4/h5-6,12,14,17,24H,7-11,13H2,1-4H3/t17-/m0/s1. The van der Waals surface area contributed by atoms with Gasteiger partial charge >= 0.3 is 5.97 Å². The first-order chi connectivity index (χ1) is 13.2. The number of nitrogens with zero attached hydrogens (tertiary/aromatic N) is 1. The van der Waals surface area contributed by atoms with Crippen molar-refractivity contribution < 1.29 is 14.3 Å². The number of hydrogen-bond donors (Lipinski definition) is 1.